The van der Waals surface area contributed by atoms with Crippen LogP contribution in [-0.4, -0.2) is 13.1 Å². The summed E-state index contributed by atoms with van der Waals surface area (Å²) in [4.78, 5) is 21.5. The molecule has 4 nitrogen and oxygen atoms in total. The van der Waals surface area contributed by atoms with Crippen molar-refractivity contribution in [2.75, 3.05) is 7.11 Å². The minimum Gasteiger partial charge on any atom is -0.469 e. The van der Waals surface area contributed by atoms with E-state index in [-0.39, 0.29) is 17.7 Å². The molecule has 1 aromatic rings. The van der Waals surface area contributed by atoms with E-state index in [1.807, 2.05) is 0 Å². The smallest absolute Gasteiger partial charge is 0.416 e. The van der Waals surface area contributed by atoms with E-state index >= 15 is 0 Å². The topological polar surface area (TPSA) is 57.3 Å². The molecule has 0 saturated heterocycles. The molecule has 17 heavy (non-hydrogen) atoms. The van der Waals surface area contributed by atoms with Gasteiger partial charge in [-0.15, -0.1) is 0 Å². The summed E-state index contributed by atoms with van der Waals surface area (Å²) >= 11 is 0. The van der Waals surface area contributed by atoms with Gasteiger partial charge in [0.2, 0.25) is 0 Å². The number of nitrogens with one attached hydrogen (secondary N) is 1. The number of halogens is 3. The first-order valence-corrected chi connectivity index (χ1v) is 4.53. The highest BCUT2D eigenvalue weighted by Crippen LogP contribution is 2.31. The fraction of sp³-hybridized carbons (Fsp3) is 0.300. The Hall–Kier alpha value is -1.92. The van der Waals surface area contributed by atoms with Gasteiger partial charge in [0, 0.05) is 21.7 Å². The monoisotopic (exact) mass is 248 g/mol. The number of hydrogen-bond acceptors (Lipinski definition) is 3. The third kappa shape index (κ3) is 3.27. The van der Waals surface area contributed by atoms with Crippen molar-refractivity contribution in [3.63, 3.8) is 0 Å². The molecule has 0 atom stereocenters. The second-order valence-corrected chi connectivity index (χ2v) is 3.22. The predicted octanol–water partition coefficient (Wildman–Crippen LogP) is 0.899. The molecule has 0 aliphatic rings. The first-order valence-electron chi connectivity index (χ1n) is 4.53. The van der Waals surface area contributed by atoms with Gasteiger partial charge in [0.15, 0.2) is 0 Å². The summed E-state index contributed by atoms with van der Waals surface area (Å²) in [6.07, 6.45) is -4.80. The van der Waals surface area contributed by atoms with Crippen LogP contribution in [0.5, 0.6) is 0 Å². The molecule has 0 unspecified atom stereocenters. The Labute approximate surface area is 94.4 Å². The standard InChI is InChI=1S/C10H8F3NO3/c1-17-9(15)4-6-2-3-7(10(11,12)13)5-8(6)14-16/h2-3,5H,4H2,1H3/p+1. The van der Waals surface area contributed by atoms with Crippen LogP contribution < -0.4 is 5.18 Å². The molecule has 0 radical (unpaired) electrons. The van der Waals surface area contributed by atoms with Gasteiger partial charge in [-0.3, -0.25) is 4.79 Å². The SMILES string of the molecule is COC(=O)Cc1ccc(C(F)(F)F)cc1[NH+]=O. The fourth-order valence-corrected chi connectivity index (χ4v) is 1.23. The Kier molecular flexibility index (Phi) is 3.82. The highest BCUT2D eigenvalue weighted by Gasteiger charge is 2.32. The molecule has 0 aromatic heterocycles. The quantitative estimate of drug-likeness (QED) is 0.808. The Morgan fingerprint density at radius 1 is 1.41 bits per heavy atom. The lowest BCUT2D eigenvalue weighted by molar-refractivity contribution is -0.380. The lowest BCUT2D eigenvalue weighted by Gasteiger charge is -2.06. The second kappa shape index (κ2) is 4.94. The first kappa shape index (κ1) is 13.1. The number of carbonyl (C=O) groups is 1. The lowest BCUT2D eigenvalue weighted by Crippen LogP contribution is -2.56. The van der Waals surface area contributed by atoms with Crippen molar-refractivity contribution in [1.29, 1.82) is 0 Å². The number of hydrogen-bond donors (Lipinski definition) is 1. The number of ether oxygens (including phenoxy) is 1. The van der Waals surface area contributed by atoms with Crippen molar-refractivity contribution in [2.24, 2.45) is 0 Å². The molecule has 0 amide bonds. The maximum absolute atomic E-state index is 12.3. The van der Waals surface area contributed by atoms with E-state index in [9.17, 15) is 22.9 Å². The lowest BCUT2D eigenvalue weighted by atomic mass is 10.1. The Morgan fingerprint density at radius 3 is 2.53 bits per heavy atom. The van der Waals surface area contributed by atoms with Gasteiger partial charge in [-0.05, 0) is 6.07 Å². The van der Waals surface area contributed by atoms with Gasteiger partial charge in [0.05, 0.1) is 19.1 Å². The number of carbonyl (C=O) groups excluding carboxylic acids is 1. The zero-order valence-corrected chi connectivity index (χ0v) is 8.80. The second-order valence-electron chi connectivity index (χ2n) is 3.22. The van der Waals surface area contributed by atoms with Gasteiger partial charge in [0.25, 0.3) is 5.69 Å². The van der Waals surface area contributed by atoms with E-state index in [2.05, 4.69) is 4.74 Å². The van der Waals surface area contributed by atoms with Crippen molar-refractivity contribution in [1.82, 2.24) is 0 Å². The Balaban J connectivity index is 3.10. The first-order chi connectivity index (χ1) is 7.88. The van der Waals surface area contributed by atoms with Crippen LogP contribution in [0.1, 0.15) is 11.1 Å². The van der Waals surface area contributed by atoms with Crippen LogP contribution >= 0.6 is 0 Å². The molecule has 0 bridgehead atoms. The van der Waals surface area contributed by atoms with Crippen molar-refractivity contribution < 1.29 is 27.9 Å². The van der Waals surface area contributed by atoms with E-state index in [0.29, 0.717) is 6.07 Å². The van der Waals surface area contributed by atoms with E-state index in [4.69, 9.17) is 0 Å². The summed E-state index contributed by atoms with van der Waals surface area (Å²) in [5.74, 6) is -0.638. The van der Waals surface area contributed by atoms with Crippen LogP contribution in [0.2, 0.25) is 0 Å². The number of benzene rings is 1. The number of nitroso groups, excluding NO2 is 1. The molecule has 1 aromatic carbocycles. The average molecular weight is 248 g/mol. The maximum Gasteiger partial charge on any atom is 0.416 e. The minimum absolute atomic E-state index is 0.153. The minimum atomic E-state index is -4.53. The van der Waals surface area contributed by atoms with E-state index in [1.165, 1.54) is 5.18 Å². The van der Waals surface area contributed by atoms with Crippen molar-refractivity contribution in [3.05, 3.63) is 34.2 Å². The van der Waals surface area contributed by atoms with Crippen LogP contribution in [0, 0.1) is 4.91 Å². The maximum atomic E-state index is 12.3. The Bertz CT molecular complexity index is 443. The van der Waals surface area contributed by atoms with E-state index < -0.39 is 17.7 Å². The Morgan fingerprint density at radius 2 is 2.06 bits per heavy atom. The third-order valence-corrected chi connectivity index (χ3v) is 2.11. The van der Waals surface area contributed by atoms with E-state index in [0.717, 1.165) is 19.2 Å². The zero-order chi connectivity index (χ0) is 13.1. The van der Waals surface area contributed by atoms with Crippen LogP contribution in [0.15, 0.2) is 18.2 Å². The molecule has 0 fully saturated rings. The molecule has 0 heterocycles. The summed E-state index contributed by atoms with van der Waals surface area (Å²) in [6.45, 7) is 0. The molecule has 92 valence electrons. The zero-order valence-electron chi connectivity index (χ0n) is 8.80. The molecule has 7 heteroatoms. The van der Waals surface area contributed by atoms with Crippen molar-refractivity contribution in [2.45, 2.75) is 12.6 Å². The van der Waals surface area contributed by atoms with Crippen molar-refractivity contribution >= 4 is 11.7 Å². The van der Waals surface area contributed by atoms with Gasteiger partial charge in [-0.2, -0.15) is 13.2 Å². The van der Waals surface area contributed by atoms with Gasteiger partial charge in [0.1, 0.15) is 0 Å². The molecule has 1 rings (SSSR count). The van der Waals surface area contributed by atoms with Crippen LogP contribution in [0.25, 0.3) is 0 Å². The predicted molar refractivity (Wildman–Crippen MR) is 51.2 cm³/mol. The summed E-state index contributed by atoms with van der Waals surface area (Å²) in [5.41, 5.74) is -1.09. The summed E-state index contributed by atoms with van der Waals surface area (Å²) < 4.78 is 41.4. The van der Waals surface area contributed by atoms with Crippen LogP contribution in [0.3, 0.4) is 0 Å². The average Bonchev–Trinajstić information content (AvgIpc) is 2.27. The highest BCUT2D eigenvalue weighted by molar-refractivity contribution is 5.74. The molecule has 0 aliphatic carbocycles. The van der Waals surface area contributed by atoms with Gasteiger partial charge < -0.3 is 4.74 Å². The fourth-order valence-electron chi connectivity index (χ4n) is 1.23. The highest BCUT2D eigenvalue weighted by atomic mass is 19.4. The van der Waals surface area contributed by atoms with E-state index in [1.54, 1.807) is 0 Å². The number of rotatable bonds is 3. The molecule has 0 saturated carbocycles. The number of methoxy groups -OCH3 is 1. The third-order valence-electron chi connectivity index (χ3n) is 2.11. The van der Waals surface area contributed by atoms with Crippen LogP contribution in [-0.2, 0) is 22.1 Å². The summed E-state index contributed by atoms with van der Waals surface area (Å²) in [6, 6.07) is 2.53. The number of alkyl halides is 3. The summed E-state index contributed by atoms with van der Waals surface area (Å²) in [7, 11) is 1.15. The van der Waals surface area contributed by atoms with Gasteiger partial charge in [-0.1, -0.05) is 6.07 Å². The number of esters is 1. The molecular formula is C10H9F3NO3+. The van der Waals surface area contributed by atoms with Crippen molar-refractivity contribution in [3.8, 4) is 0 Å². The largest absolute Gasteiger partial charge is 0.469 e. The molecule has 0 spiro atoms. The van der Waals surface area contributed by atoms with Gasteiger partial charge in [-0.25, -0.2) is 0 Å². The molecular weight excluding hydrogens is 239 g/mol. The molecule has 1 N–H and O–H groups in total. The molecule has 0 aliphatic heterocycles. The van der Waals surface area contributed by atoms with Crippen LogP contribution in [0.4, 0.5) is 18.9 Å². The normalized spacial score (nSPS) is 11.1. The summed E-state index contributed by atoms with van der Waals surface area (Å²) in [5, 5.41) is 1.38. The van der Waals surface area contributed by atoms with Gasteiger partial charge >= 0.3 is 12.1 Å².